The molecule has 0 aromatic rings. The van der Waals surface area contributed by atoms with Crippen LogP contribution >= 0.6 is 24.0 Å². The summed E-state index contributed by atoms with van der Waals surface area (Å²) in [5.41, 5.74) is 0. The lowest BCUT2D eigenvalue weighted by Gasteiger charge is -2.15. The number of carbonyl (C=O) groups excluding carboxylic acids is 1. The van der Waals surface area contributed by atoms with Crippen molar-refractivity contribution in [2.75, 3.05) is 19.6 Å². The van der Waals surface area contributed by atoms with Gasteiger partial charge in [0.05, 0.1) is 0 Å². The Morgan fingerprint density at radius 1 is 1.18 bits per heavy atom. The van der Waals surface area contributed by atoms with Gasteiger partial charge < -0.3 is 16.0 Å². The largest absolute Gasteiger partial charge is 0.357 e. The smallest absolute Gasteiger partial charge is 0.241 e. The monoisotopic (exact) mass is 356 g/mol. The molecule has 17 heavy (non-hydrogen) atoms. The molecule has 0 radical (unpaired) electrons. The minimum atomic E-state index is -0.0520. The number of carbonyl (C=O) groups is 1. The molecule has 0 rings (SSSR count). The molecule has 0 bridgehead atoms. The van der Waals surface area contributed by atoms with Gasteiger partial charge in [-0.05, 0) is 27.2 Å². The van der Waals surface area contributed by atoms with E-state index < -0.39 is 0 Å². The Labute approximate surface area is 121 Å². The standard InChI is InChI=1S/C11H24N4O.HI/c1-5-9(4)15-11(13-7-3)14-8-10(16)12-6-2;/h9H,5-8H2,1-4H3,(H,12,16)(H2,13,14,15);1H. The van der Waals surface area contributed by atoms with Crippen molar-refractivity contribution in [3.8, 4) is 0 Å². The van der Waals surface area contributed by atoms with Crippen molar-refractivity contribution in [3.63, 3.8) is 0 Å². The molecular weight excluding hydrogens is 331 g/mol. The van der Waals surface area contributed by atoms with E-state index in [4.69, 9.17) is 0 Å². The van der Waals surface area contributed by atoms with E-state index in [0.717, 1.165) is 13.0 Å². The van der Waals surface area contributed by atoms with Crippen LogP contribution in [0, 0.1) is 0 Å². The third-order valence-corrected chi connectivity index (χ3v) is 2.09. The number of guanidine groups is 1. The van der Waals surface area contributed by atoms with Gasteiger partial charge in [-0.25, -0.2) is 4.99 Å². The molecule has 0 heterocycles. The summed E-state index contributed by atoms with van der Waals surface area (Å²) in [6.07, 6.45) is 1.02. The zero-order valence-electron chi connectivity index (χ0n) is 11.2. The second-order valence-corrected chi connectivity index (χ2v) is 3.60. The Morgan fingerprint density at radius 2 is 1.76 bits per heavy atom. The number of nitrogens with one attached hydrogen (secondary N) is 3. The number of nitrogens with zero attached hydrogens (tertiary/aromatic N) is 1. The van der Waals surface area contributed by atoms with Crippen molar-refractivity contribution < 1.29 is 4.79 Å². The molecule has 0 saturated carbocycles. The fourth-order valence-corrected chi connectivity index (χ4v) is 1.06. The SMILES string of the molecule is CCNC(=O)CN=C(NCC)NC(C)CC.I. The Bertz CT molecular complexity index is 234. The van der Waals surface area contributed by atoms with E-state index in [1.807, 2.05) is 13.8 Å². The van der Waals surface area contributed by atoms with Gasteiger partial charge in [-0.2, -0.15) is 0 Å². The molecule has 102 valence electrons. The lowest BCUT2D eigenvalue weighted by Crippen LogP contribution is -2.42. The first-order valence-electron chi connectivity index (χ1n) is 5.95. The normalized spacial score (nSPS) is 12.4. The summed E-state index contributed by atoms with van der Waals surface area (Å²) < 4.78 is 0. The van der Waals surface area contributed by atoms with Gasteiger partial charge >= 0.3 is 0 Å². The summed E-state index contributed by atoms with van der Waals surface area (Å²) in [5.74, 6) is 0.645. The van der Waals surface area contributed by atoms with Crippen LogP contribution in [0.3, 0.4) is 0 Å². The van der Waals surface area contributed by atoms with Crippen molar-refractivity contribution in [3.05, 3.63) is 0 Å². The first kappa shape index (κ1) is 18.8. The number of aliphatic imine (C=N–C) groups is 1. The summed E-state index contributed by atoms with van der Waals surface area (Å²) in [7, 11) is 0. The minimum absolute atomic E-state index is 0. The Morgan fingerprint density at radius 3 is 2.24 bits per heavy atom. The molecule has 1 amide bonds. The van der Waals surface area contributed by atoms with Crippen molar-refractivity contribution >= 4 is 35.8 Å². The zero-order chi connectivity index (χ0) is 12.4. The molecule has 0 aromatic heterocycles. The third-order valence-electron chi connectivity index (χ3n) is 2.09. The molecule has 0 fully saturated rings. The Kier molecular flexibility index (Phi) is 13.2. The second kappa shape index (κ2) is 11.9. The van der Waals surface area contributed by atoms with E-state index in [2.05, 4.69) is 34.8 Å². The maximum Gasteiger partial charge on any atom is 0.241 e. The molecule has 0 aromatic carbocycles. The molecule has 0 spiro atoms. The molecule has 0 aliphatic rings. The van der Waals surface area contributed by atoms with Crippen molar-refractivity contribution in [1.82, 2.24) is 16.0 Å². The topological polar surface area (TPSA) is 65.5 Å². The number of halogens is 1. The summed E-state index contributed by atoms with van der Waals surface area (Å²) >= 11 is 0. The first-order valence-corrected chi connectivity index (χ1v) is 5.95. The average molecular weight is 356 g/mol. The molecule has 0 saturated heterocycles. The lowest BCUT2D eigenvalue weighted by atomic mass is 10.3. The number of likely N-dealkylation sites (N-methyl/N-ethyl adjacent to an activating group) is 1. The van der Waals surface area contributed by atoms with Crippen LogP contribution in [0.2, 0.25) is 0 Å². The van der Waals surface area contributed by atoms with Gasteiger partial charge in [0.15, 0.2) is 5.96 Å². The highest BCUT2D eigenvalue weighted by Crippen LogP contribution is 1.87. The van der Waals surface area contributed by atoms with Crippen LogP contribution in [0.15, 0.2) is 4.99 Å². The van der Waals surface area contributed by atoms with Crippen LogP contribution in [0.4, 0.5) is 0 Å². The summed E-state index contributed by atoms with van der Waals surface area (Å²) in [4.78, 5) is 15.4. The summed E-state index contributed by atoms with van der Waals surface area (Å²) in [6.45, 7) is 9.68. The Hall–Kier alpha value is -0.530. The maximum atomic E-state index is 11.2. The third kappa shape index (κ3) is 10.3. The lowest BCUT2D eigenvalue weighted by molar-refractivity contribution is -0.119. The fourth-order valence-electron chi connectivity index (χ4n) is 1.06. The van der Waals surface area contributed by atoms with Gasteiger partial charge in [0.1, 0.15) is 6.54 Å². The second-order valence-electron chi connectivity index (χ2n) is 3.60. The predicted molar refractivity (Wildman–Crippen MR) is 83.0 cm³/mol. The maximum absolute atomic E-state index is 11.2. The van der Waals surface area contributed by atoms with Gasteiger partial charge in [0.2, 0.25) is 5.91 Å². The first-order chi connectivity index (χ1) is 7.63. The average Bonchev–Trinajstić information content (AvgIpc) is 2.26. The van der Waals surface area contributed by atoms with Gasteiger partial charge in [-0.3, -0.25) is 4.79 Å². The number of amides is 1. The van der Waals surface area contributed by atoms with E-state index in [1.54, 1.807) is 0 Å². The van der Waals surface area contributed by atoms with Crippen molar-refractivity contribution in [2.24, 2.45) is 4.99 Å². The van der Waals surface area contributed by atoms with Crippen molar-refractivity contribution in [2.45, 2.75) is 40.2 Å². The highest BCUT2D eigenvalue weighted by atomic mass is 127. The molecule has 0 aliphatic carbocycles. The molecule has 1 atom stereocenters. The van der Waals surface area contributed by atoms with Gasteiger partial charge in [-0.15, -0.1) is 24.0 Å². The fraction of sp³-hybridized carbons (Fsp3) is 0.818. The Balaban J connectivity index is 0. The van der Waals surface area contributed by atoms with Gasteiger partial charge in [-0.1, -0.05) is 6.92 Å². The highest BCUT2D eigenvalue weighted by Gasteiger charge is 2.03. The van der Waals surface area contributed by atoms with E-state index in [-0.39, 0.29) is 36.4 Å². The van der Waals surface area contributed by atoms with Crippen LogP contribution in [0.5, 0.6) is 0 Å². The minimum Gasteiger partial charge on any atom is -0.357 e. The highest BCUT2D eigenvalue weighted by molar-refractivity contribution is 14.0. The molecule has 6 heteroatoms. The van der Waals surface area contributed by atoms with E-state index in [9.17, 15) is 4.79 Å². The van der Waals surface area contributed by atoms with Crippen LogP contribution in [0.1, 0.15) is 34.1 Å². The molecule has 3 N–H and O–H groups in total. The molecule has 1 unspecified atom stereocenters. The van der Waals surface area contributed by atoms with Crippen molar-refractivity contribution in [1.29, 1.82) is 0 Å². The molecule has 5 nitrogen and oxygen atoms in total. The number of rotatable bonds is 6. The quantitative estimate of drug-likeness (QED) is 0.379. The summed E-state index contributed by atoms with van der Waals surface area (Å²) in [5, 5.41) is 9.04. The number of hydrogen-bond donors (Lipinski definition) is 3. The van der Waals surface area contributed by atoms with Gasteiger partial charge in [0, 0.05) is 19.1 Å². The zero-order valence-corrected chi connectivity index (χ0v) is 13.5. The van der Waals surface area contributed by atoms with Crippen LogP contribution in [-0.4, -0.2) is 37.5 Å². The summed E-state index contributed by atoms with van der Waals surface area (Å²) in [6, 6.07) is 0.354. The van der Waals surface area contributed by atoms with Crippen LogP contribution in [0.25, 0.3) is 0 Å². The van der Waals surface area contributed by atoms with Crippen LogP contribution < -0.4 is 16.0 Å². The van der Waals surface area contributed by atoms with E-state index in [0.29, 0.717) is 18.5 Å². The van der Waals surface area contributed by atoms with Gasteiger partial charge in [0.25, 0.3) is 0 Å². The molecule has 0 aliphatic heterocycles. The number of hydrogen-bond acceptors (Lipinski definition) is 2. The predicted octanol–water partition coefficient (Wildman–Crippen LogP) is 1.09. The van der Waals surface area contributed by atoms with E-state index >= 15 is 0 Å². The van der Waals surface area contributed by atoms with Crippen LogP contribution in [-0.2, 0) is 4.79 Å². The van der Waals surface area contributed by atoms with E-state index in [1.165, 1.54) is 0 Å². The molecular formula is C11H25IN4O.